The highest BCUT2D eigenvalue weighted by molar-refractivity contribution is 5.85. The van der Waals surface area contributed by atoms with Crippen LogP contribution in [0.2, 0.25) is 0 Å². The highest BCUT2D eigenvalue weighted by atomic mass is 19.4. The molecular weight excluding hydrogens is 361 g/mol. The van der Waals surface area contributed by atoms with Crippen LogP contribution in [0.5, 0.6) is 0 Å². The monoisotopic (exact) mass is 378 g/mol. The second-order valence-electron chi connectivity index (χ2n) is 6.47. The van der Waals surface area contributed by atoms with Gasteiger partial charge in [0, 0.05) is 18.3 Å². The zero-order chi connectivity index (χ0) is 19.6. The van der Waals surface area contributed by atoms with E-state index in [1.165, 1.54) is 18.3 Å². The Morgan fingerprint density at radius 1 is 0.786 bits per heavy atom. The minimum Gasteiger partial charge on any atom is -0.366 e. The van der Waals surface area contributed by atoms with Crippen LogP contribution in [0.25, 0.3) is 21.9 Å². The van der Waals surface area contributed by atoms with Crippen molar-refractivity contribution < 1.29 is 13.2 Å². The van der Waals surface area contributed by atoms with Crippen LogP contribution in [0.1, 0.15) is 11.1 Å². The normalized spacial score (nSPS) is 11.5. The zero-order valence-corrected chi connectivity index (χ0v) is 14.9. The van der Waals surface area contributed by atoms with Crippen molar-refractivity contribution >= 4 is 16.6 Å². The standard InChI is InChI=1S/C23H17F3N2/c24-23(25,26)21-11-4-3-10-20(21)18-12-13-22(28-15-18)27-14-17-8-5-7-16-6-1-2-9-19(16)17/h1-13,15H,14H2,(H,27,28). The largest absolute Gasteiger partial charge is 0.417 e. The molecule has 3 aromatic carbocycles. The Bertz CT molecular complexity index is 1100. The fraction of sp³-hybridized carbons (Fsp3) is 0.0870. The van der Waals surface area contributed by atoms with Crippen molar-refractivity contribution in [3.63, 3.8) is 0 Å². The molecule has 28 heavy (non-hydrogen) atoms. The third kappa shape index (κ3) is 3.69. The van der Waals surface area contributed by atoms with Crippen LogP contribution >= 0.6 is 0 Å². The number of pyridine rings is 1. The van der Waals surface area contributed by atoms with Gasteiger partial charge < -0.3 is 5.32 Å². The molecule has 0 atom stereocenters. The molecule has 0 fully saturated rings. The van der Waals surface area contributed by atoms with Gasteiger partial charge in [0.05, 0.1) is 5.56 Å². The average molecular weight is 378 g/mol. The van der Waals surface area contributed by atoms with Crippen LogP contribution in [0.3, 0.4) is 0 Å². The first-order valence-electron chi connectivity index (χ1n) is 8.85. The fourth-order valence-corrected chi connectivity index (χ4v) is 3.27. The van der Waals surface area contributed by atoms with E-state index in [-0.39, 0.29) is 5.56 Å². The number of alkyl halides is 3. The van der Waals surface area contributed by atoms with E-state index >= 15 is 0 Å². The molecule has 0 amide bonds. The first-order valence-corrected chi connectivity index (χ1v) is 8.85. The maximum atomic E-state index is 13.2. The Hall–Kier alpha value is -3.34. The summed E-state index contributed by atoms with van der Waals surface area (Å²) in [5, 5.41) is 5.56. The summed E-state index contributed by atoms with van der Waals surface area (Å²) in [5.41, 5.74) is 1.03. The number of aromatic nitrogens is 1. The van der Waals surface area contributed by atoms with Gasteiger partial charge in [0.15, 0.2) is 0 Å². The highest BCUT2D eigenvalue weighted by Crippen LogP contribution is 2.36. The lowest BCUT2D eigenvalue weighted by Gasteiger charge is -2.13. The van der Waals surface area contributed by atoms with Crippen LogP contribution in [0.4, 0.5) is 19.0 Å². The SMILES string of the molecule is FC(F)(F)c1ccccc1-c1ccc(NCc2cccc3ccccc23)nc1. The molecule has 0 saturated heterocycles. The summed E-state index contributed by atoms with van der Waals surface area (Å²) in [6.45, 7) is 0.576. The fourth-order valence-electron chi connectivity index (χ4n) is 3.27. The van der Waals surface area contributed by atoms with E-state index in [9.17, 15) is 13.2 Å². The number of hydrogen-bond donors (Lipinski definition) is 1. The molecule has 0 radical (unpaired) electrons. The average Bonchev–Trinajstić information content (AvgIpc) is 2.72. The number of fused-ring (bicyclic) bond motifs is 1. The van der Waals surface area contributed by atoms with E-state index in [0.717, 1.165) is 22.4 Å². The number of rotatable bonds is 4. The summed E-state index contributed by atoms with van der Waals surface area (Å²) >= 11 is 0. The molecule has 0 unspecified atom stereocenters. The minimum atomic E-state index is -4.40. The lowest BCUT2D eigenvalue weighted by atomic mass is 10.0. The molecule has 0 aliphatic rings. The van der Waals surface area contributed by atoms with Gasteiger partial charge in [-0.05, 0) is 40.1 Å². The maximum absolute atomic E-state index is 13.2. The molecule has 5 heteroatoms. The second kappa shape index (κ2) is 7.35. The Kier molecular flexibility index (Phi) is 4.74. The lowest BCUT2D eigenvalue weighted by Crippen LogP contribution is -2.07. The smallest absolute Gasteiger partial charge is 0.366 e. The van der Waals surface area contributed by atoms with Crippen molar-refractivity contribution in [1.82, 2.24) is 4.98 Å². The van der Waals surface area contributed by atoms with Gasteiger partial charge in [-0.25, -0.2) is 4.98 Å². The predicted octanol–water partition coefficient (Wildman–Crippen LogP) is 6.53. The number of nitrogens with one attached hydrogen (secondary N) is 1. The van der Waals surface area contributed by atoms with Crippen molar-refractivity contribution in [2.45, 2.75) is 12.7 Å². The molecule has 0 bridgehead atoms. The van der Waals surface area contributed by atoms with Gasteiger partial charge in [0.2, 0.25) is 0 Å². The lowest BCUT2D eigenvalue weighted by molar-refractivity contribution is -0.137. The number of nitrogens with zero attached hydrogens (tertiary/aromatic N) is 1. The molecule has 2 nitrogen and oxygen atoms in total. The Morgan fingerprint density at radius 2 is 1.54 bits per heavy atom. The molecule has 0 saturated carbocycles. The van der Waals surface area contributed by atoms with Gasteiger partial charge in [0.25, 0.3) is 0 Å². The van der Waals surface area contributed by atoms with Crippen LogP contribution < -0.4 is 5.32 Å². The molecule has 1 heterocycles. The molecule has 0 spiro atoms. The van der Waals surface area contributed by atoms with E-state index in [2.05, 4.69) is 28.5 Å². The first kappa shape index (κ1) is 18.0. The van der Waals surface area contributed by atoms with Crippen molar-refractivity contribution in [2.75, 3.05) is 5.32 Å². The van der Waals surface area contributed by atoms with Crippen LogP contribution in [0, 0.1) is 0 Å². The molecule has 4 aromatic rings. The maximum Gasteiger partial charge on any atom is 0.417 e. The van der Waals surface area contributed by atoms with Crippen molar-refractivity contribution in [2.24, 2.45) is 0 Å². The molecule has 140 valence electrons. The Balaban J connectivity index is 1.55. The van der Waals surface area contributed by atoms with Gasteiger partial charge in [-0.1, -0.05) is 60.7 Å². The van der Waals surface area contributed by atoms with Crippen molar-refractivity contribution in [1.29, 1.82) is 0 Å². The molecule has 4 rings (SSSR count). The third-order valence-electron chi connectivity index (χ3n) is 4.65. The summed E-state index contributed by atoms with van der Waals surface area (Å²) in [6, 6.07) is 23.1. The van der Waals surface area contributed by atoms with Gasteiger partial charge >= 0.3 is 6.18 Å². The first-order chi connectivity index (χ1) is 13.5. The van der Waals surface area contributed by atoms with Crippen molar-refractivity contribution in [3.8, 4) is 11.1 Å². The van der Waals surface area contributed by atoms with E-state index in [1.807, 2.05) is 24.3 Å². The van der Waals surface area contributed by atoms with Gasteiger partial charge in [-0.15, -0.1) is 0 Å². The summed E-state index contributed by atoms with van der Waals surface area (Å²) in [4.78, 5) is 4.29. The summed E-state index contributed by atoms with van der Waals surface area (Å²) in [7, 11) is 0. The van der Waals surface area contributed by atoms with E-state index in [0.29, 0.717) is 17.9 Å². The zero-order valence-electron chi connectivity index (χ0n) is 14.9. The van der Waals surface area contributed by atoms with E-state index in [4.69, 9.17) is 0 Å². The van der Waals surface area contributed by atoms with Crippen molar-refractivity contribution in [3.05, 3.63) is 96.2 Å². The highest BCUT2D eigenvalue weighted by Gasteiger charge is 2.33. The minimum absolute atomic E-state index is 0.128. The third-order valence-corrected chi connectivity index (χ3v) is 4.65. The number of halogens is 3. The van der Waals surface area contributed by atoms with Crippen LogP contribution in [-0.4, -0.2) is 4.98 Å². The number of benzene rings is 3. The van der Waals surface area contributed by atoms with Crippen LogP contribution in [-0.2, 0) is 12.7 Å². The molecule has 1 aromatic heterocycles. The second-order valence-corrected chi connectivity index (χ2v) is 6.47. The van der Waals surface area contributed by atoms with Gasteiger partial charge in [-0.3, -0.25) is 0 Å². The van der Waals surface area contributed by atoms with Gasteiger partial charge in [0.1, 0.15) is 5.82 Å². The summed E-state index contributed by atoms with van der Waals surface area (Å²) in [6.07, 6.45) is -2.93. The Labute approximate surface area is 160 Å². The quantitative estimate of drug-likeness (QED) is 0.436. The predicted molar refractivity (Wildman–Crippen MR) is 106 cm³/mol. The number of anilines is 1. The summed E-state index contributed by atoms with van der Waals surface area (Å²) in [5.74, 6) is 0.612. The topological polar surface area (TPSA) is 24.9 Å². The van der Waals surface area contributed by atoms with E-state index < -0.39 is 11.7 Å². The Morgan fingerprint density at radius 3 is 2.32 bits per heavy atom. The van der Waals surface area contributed by atoms with Gasteiger partial charge in [-0.2, -0.15) is 13.2 Å². The molecule has 0 aliphatic heterocycles. The molecular formula is C23H17F3N2. The number of hydrogen-bond acceptors (Lipinski definition) is 2. The van der Waals surface area contributed by atoms with Crippen LogP contribution in [0.15, 0.2) is 85.1 Å². The molecule has 1 N–H and O–H groups in total. The van der Waals surface area contributed by atoms with E-state index in [1.54, 1.807) is 18.2 Å². The molecule has 0 aliphatic carbocycles. The summed E-state index contributed by atoms with van der Waals surface area (Å²) < 4.78 is 39.7.